The molecule has 0 aromatic heterocycles. The van der Waals surface area contributed by atoms with E-state index in [2.05, 4.69) is 37.4 Å². The second-order valence-electron chi connectivity index (χ2n) is 6.32. The summed E-state index contributed by atoms with van der Waals surface area (Å²) in [5, 5.41) is 0. The third-order valence-electron chi connectivity index (χ3n) is 4.09. The van der Waals surface area contributed by atoms with Gasteiger partial charge in [0.2, 0.25) is 0 Å². The van der Waals surface area contributed by atoms with Crippen LogP contribution in [0.3, 0.4) is 0 Å². The number of rotatable bonds is 6. The molecule has 2 unspecified atom stereocenters. The van der Waals surface area contributed by atoms with Gasteiger partial charge < -0.3 is 8.85 Å². The first-order chi connectivity index (χ1) is 9.16. The van der Waals surface area contributed by atoms with Crippen molar-refractivity contribution in [2.45, 2.75) is 51.6 Å². The van der Waals surface area contributed by atoms with E-state index >= 15 is 0 Å². The van der Waals surface area contributed by atoms with Crippen LogP contribution in [0.2, 0.25) is 13.1 Å². The van der Waals surface area contributed by atoms with Crippen LogP contribution in [0.1, 0.15) is 38.5 Å². The lowest BCUT2D eigenvalue weighted by Crippen LogP contribution is -2.38. The van der Waals surface area contributed by atoms with Crippen LogP contribution in [0.5, 0.6) is 0 Å². The maximum absolute atomic E-state index is 6.12. The van der Waals surface area contributed by atoms with Gasteiger partial charge in [-0.2, -0.15) is 0 Å². The Balaban J connectivity index is 1.65. The lowest BCUT2D eigenvalue weighted by Gasteiger charge is -2.29. The smallest absolute Gasteiger partial charge is 0.331 e. The fourth-order valence-corrected chi connectivity index (χ4v) is 4.05. The molecule has 0 bridgehead atoms. The summed E-state index contributed by atoms with van der Waals surface area (Å²) in [6, 6.07) is 0. The molecule has 2 atom stereocenters. The van der Waals surface area contributed by atoms with Gasteiger partial charge in [0.1, 0.15) is 0 Å². The Kier molecular flexibility index (Phi) is 5.86. The highest BCUT2D eigenvalue weighted by molar-refractivity contribution is 6.64. The molecule has 0 aromatic rings. The number of hydrogen-bond donors (Lipinski definition) is 0. The van der Waals surface area contributed by atoms with Crippen molar-refractivity contribution in [1.82, 2.24) is 0 Å². The zero-order valence-electron chi connectivity index (χ0n) is 12.4. The van der Waals surface area contributed by atoms with E-state index in [1.165, 1.54) is 38.5 Å². The summed E-state index contributed by atoms with van der Waals surface area (Å²) < 4.78 is 12.2. The molecule has 0 heterocycles. The van der Waals surface area contributed by atoms with Crippen LogP contribution in [0.25, 0.3) is 0 Å². The van der Waals surface area contributed by atoms with E-state index in [9.17, 15) is 0 Å². The molecule has 0 aromatic carbocycles. The van der Waals surface area contributed by atoms with Crippen LogP contribution in [0, 0.1) is 11.8 Å². The van der Waals surface area contributed by atoms with E-state index in [4.69, 9.17) is 8.85 Å². The minimum absolute atomic E-state index is 0.706. The molecular formula is C16H28O2Si. The van der Waals surface area contributed by atoms with Gasteiger partial charge in [-0.3, -0.25) is 0 Å². The average Bonchev–Trinajstić information content (AvgIpc) is 2.46. The first-order valence-corrected chi connectivity index (χ1v) is 10.6. The highest BCUT2D eigenvalue weighted by atomic mass is 28.4. The van der Waals surface area contributed by atoms with Crippen molar-refractivity contribution in [3.63, 3.8) is 0 Å². The molecule has 2 aliphatic carbocycles. The van der Waals surface area contributed by atoms with Crippen molar-refractivity contribution in [3.05, 3.63) is 24.3 Å². The lowest BCUT2D eigenvalue weighted by molar-refractivity contribution is 0.130. The first-order valence-electron chi connectivity index (χ1n) is 7.73. The van der Waals surface area contributed by atoms with Gasteiger partial charge in [0.15, 0.2) is 0 Å². The molecular weight excluding hydrogens is 252 g/mol. The van der Waals surface area contributed by atoms with Gasteiger partial charge in [-0.1, -0.05) is 24.3 Å². The van der Waals surface area contributed by atoms with Crippen LogP contribution in [0.15, 0.2) is 24.3 Å². The van der Waals surface area contributed by atoms with Crippen molar-refractivity contribution in [1.29, 1.82) is 0 Å². The molecule has 0 spiro atoms. The molecule has 0 amide bonds. The Hall–Kier alpha value is -0.383. The summed E-state index contributed by atoms with van der Waals surface area (Å²) in [7, 11) is -1.92. The Morgan fingerprint density at radius 2 is 1.32 bits per heavy atom. The predicted molar refractivity (Wildman–Crippen MR) is 82.3 cm³/mol. The van der Waals surface area contributed by atoms with Gasteiger partial charge in [-0.15, -0.1) is 0 Å². The minimum Gasteiger partial charge on any atom is -0.394 e. The fraction of sp³-hybridized carbons (Fsp3) is 0.750. The topological polar surface area (TPSA) is 18.5 Å². The van der Waals surface area contributed by atoms with Gasteiger partial charge in [-0.25, -0.2) is 0 Å². The number of allylic oxidation sites excluding steroid dienone is 4. The average molecular weight is 280 g/mol. The maximum Gasteiger partial charge on any atom is 0.331 e. The molecule has 2 aliphatic rings. The summed E-state index contributed by atoms with van der Waals surface area (Å²) in [5.41, 5.74) is 0. The quantitative estimate of drug-likeness (QED) is 0.529. The van der Waals surface area contributed by atoms with Gasteiger partial charge in [0.05, 0.1) is 0 Å². The molecule has 2 nitrogen and oxygen atoms in total. The fourth-order valence-electron chi connectivity index (χ4n) is 2.69. The van der Waals surface area contributed by atoms with Crippen LogP contribution in [-0.2, 0) is 8.85 Å². The van der Waals surface area contributed by atoms with E-state index in [0.29, 0.717) is 11.8 Å². The van der Waals surface area contributed by atoms with Crippen LogP contribution in [0.4, 0.5) is 0 Å². The van der Waals surface area contributed by atoms with E-state index in [-0.39, 0.29) is 0 Å². The van der Waals surface area contributed by atoms with Gasteiger partial charge in [0, 0.05) is 13.2 Å². The molecule has 2 rings (SSSR count). The SMILES string of the molecule is C[Si](C)(OCC1CC=CCC1)OCC1CC=CCC1. The van der Waals surface area contributed by atoms with Crippen molar-refractivity contribution < 1.29 is 8.85 Å². The molecule has 0 fully saturated rings. The molecule has 0 N–H and O–H groups in total. The van der Waals surface area contributed by atoms with Crippen LogP contribution in [-0.4, -0.2) is 21.8 Å². The normalized spacial score (nSPS) is 27.7. The monoisotopic (exact) mass is 280 g/mol. The van der Waals surface area contributed by atoms with Crippen molar-refractivity contribution in [3.8, 4) is 0 Å². The van der Waals surface area contributed by atoms with Crippen molar-refractivity contribution >= 4 is 8.56 Å². The summed E-state index contributed by atoms with van der Waals surface area (Å²) in [4.78, 5) is 0. The molecule has 0 aliphatic heterocycles. The van der Waals surface area contributed by atoms with Crippen LogP contribution >= 0.6 is 0 Å². The predicted octanol–water partition coefficient (Wildman–Crippen LogP) is 4.43. The minimum atomic E-state index is -1.92. The lowest BCUT2D eigenvalue weighted by atomic mass is 9.96. The Morgan fingerprint density at radius 1 is 0.842 bits per heavy atom. The highest BCUT2D eigenvalue weighted by Crippen LogP contribution is 2.23. The molecule has 108 valence electrons. The van der Waals surface area contributed by atoms with E-state index < -0.39 is 8.56 Å². The Bertz CT molecular complexity index is 293. The van der Waals surface area contributed by atoms with Crippen molar-refractivity contribution in [2.75, 3.05) is 13.2 Å². The van der Waals surface area contributed by atoms with Crippen molar-refractivity contribution in [2.24, 2.45) is 11.8 Å². The molecule has 3 heteroatoms. The number of hydrogen-bond acceptors (Lipinski definition) is 2. The zero-order valence-corrected chi connectivity index (χ0v) is 13.4. The second-order valence-corrected chi connectivity index (χ2v) is 9.70. The Morgan fingerprint density at radius 3 is 1.68 bits per heavy atom. The highest BCUT2D eigenvalue weighted by Gasteiger charge is 2.27. The maximum atomic E-state index is 6.12. The van der Waals surface area contributed by atoms with E-state index in [1.807, 2.05) is 0 Å². The molecule has 0 saturated carbocycles. The molecule has 19 heavy (non-hydrogen) atoms. The van der Waals surface area contributed by atoms with Gasteiger partial charge in [0.25, 0.3) is 0 Å². The van der Waals surface area contributed by atoms with Crippen LogP contribution < -0.4 is 0 Å². The Labute approximate surface area is 119 Å². The first kappa shape index (κ1) is 15.0. The molecule has 0 radical (unpaired) electrons. The van der Waals surface area contributed by atoms with Gasteiger partial charge in [-0.05, 0) is 63.5 Å². The second kappa shape index (κ2) is 7.41. The largest absolute Gasteiger partial charge is 0.394 e. The third-order valence-corrected chi connectivity index (χ3v) is 5.81. The summed E-state index contributed by atoms with van der Waals surface area (Å²) >= 11 is 0. The van der Waals surface area contributed by atoms with E-state index in [1.54, 1.807) is 0 Å². The van der Waals surface area contributed by atoms with Gasteiger partial charge >= 0.3 is 8.56 Å². The van der Waals surface area contributed by atoms with E-state index in [0.717, 1.165) is 13.2 Å². The summed E-state index contributed by atoms with van der Waals surface area (Å²) in [6.07, 6.45) is 16.5. The zero-order chi connectivity index (χ0) is 13.6. The third kappa shape index (κ3) is 5.63. The summed E-state index contributed by atoms with van der Waals surface area (Å²) in [5.74, 6) is 1.41. The standard InChI is InChI=1S/C16H28O2Si/c1-19(2,17-13-15-9-5-3-6-10-15)18-14-16-11-7-4-8-12-16/h3-5,7,15-16H,6,8-14H2,1-2H3. The molecule has 0 saturated heterocycles. The summed E-state index contributed by atoms with van der Waals surface area (Å²) in [6.45, 7) is 6.14.